The van der Waals surface area contributed by atoms with E-state index in [4.69, 9.17) is 0 Å². The smallest absolute Gasteiger partial charge is 0.0941 e. The monoisotopic (exact) mass is 418 g/mol. The maximum atomic E-state index is 11.6. The van der Waals surface area contributed by atoms with E-state index in [9.17, 15) is 5.11 Å². The van der Waals surface area contributed by atoms with Crippen LogP contribution >= 0.6 is 12.4 Å². The van der Waals surface area contributed by atoms with Gasteiger partial charge in [-0.1, -0.05) is 48.5 Å². The average Bonchev–Trinajstić information content (AvgIpc) is 2.93. The number of hydrogen-bond acceptors (Lipinski definition) is 3. The molecule has 3 atom stereocenters. The van der Waals surface area contributed by atoms with Gasteiger partial charge in [-0.25, -0.2) is 0 Å². The molecule has 0 saturated carbocycles. The van der Waals surface area contributed by atoms with Crippen molar-refractivity contribution in [1.82, 2.24) is 9.88 Å². The lowest BCUT2D eigenvalue weighted by atomic mass is 9.72. The Morgan fingerprint density at radius 2 is 1.73 bits per heavy atom. The molecular formula is C26H27ClN2O. The quantitative estimate of drug-likeness (QED) is 0.618. The van der Waals surface area contributed by atoms with Crippen molar-refractivity contribution in [2.24, 2.45) is 0 Å². The van der Waals surface area contributed by atoms with Gasteiger partial charge in [-0.2, -0.15) is 0 Å². The molecule has 0 spiro atoms. The Labute approximate surface area is 184 Å². The minimum atomic E-state index is -0.798. The number of piperidine rings is 1. The highest BCUT2D eigenvalue weighted by molar-refractivity contribution is 5.85. The Bertz CT molecular complexity index is 1070. The zero-order chi connectivity index (χ0) is 19.4. The molecule has 3 nitrogen and oxygen atoms in total. The molecular weight excluding hydrogens is 392 g/mol. The Morgan fingerprint density at radius 3 is 2.60 bits per heavy atom. The predicted octanol–water partition coefficient (Wildman–Crippen LogP) is 4.77. The third-order valence-electron chi connectivity index (χ3n) is 7.43. The lowest BCUT2D eigenvalue weighted by molar-refractivity contribution is -0.0573. The number of nitrogens with zero attached hydrogens (tertiary/aromatic N) is 2. The van der Waals surface area contributed by atoms with Gasteiger partial charge in [0.2, 0.25) is 0 Å². The van der Waals surface area contributed by atoms with Crippen molar-refractivity contribution in [2.45, 2.75) is 43.2 Å². The fraction of sp³-hybridized carbons (Fsp3) is 0.346. The van der Waals surface area contributed by atoms with Gasteiger partial charge in [0.05, 0.1) is 5.60 Å². The fourth-order valence-corrected chi connectivity index (χ4v) is 5.98. The summed E-state index contributed by atoms with van der Waals surface area (Å²) in [5.74, 6) is 0.445. The normalized spacial score (nSPS) is 27.1. The molecule has 1 N–H and O–H groups in total. The van der Waals surface area contributed by atoms with Crippen molar-refractivity contribution < 1.29 is 5.11 Å². The average molecular weight is 419 g/mol. The van der Waals surface area contributed by atoms with Gasteiger partial charge in [0.25, 0.3) is 0 Å². The number of aliphatic hydroxyl groups is 1. The summed E-state index contributed by atoms with van der Waals surface area (Å²) in [5.41, 5.74) is 7.62. The van der Waals surface area contributed by atoms with Gasteiger partial charge in [0.15, 0.2) is 0 Å². The first-order valence-electron chi connectivity index (χ1n) is 10.8. The molecule has 1 aliphatic carbocycles. The number of halogens is 1. The van der Waals surface area contributed by atoms with Gasteiger partial charge in [0, 0.05) is 49.4 Å². The highest BCUT2D eigenvalue weighted by atomic mass is 35.5. The van der Waals surface area contributed by atoms with Crippen LogP contribution in [0.2, 0.25) is 0 Å². The number of aryl methyl sites for hydroxylation is 2. The fourth-order valence-electron chi connectivity index (χ4n) is 5.98. The number of hydrogen-bond donors (Lipinski definition) is 1. The van der Waals surface area contributed by atoms with Crippen molar-refractivity contribution in [3.8, 4) is 0 Å². The lowest BCUT2D eigenvalue weighted by Crippen LogP contribution is -2.48. The van der Waals surface area contributed by atoms with Gasteiger partial charge in [-0.3, -0.25) is 9.88 Å². The van der Waals surface area contributed by atoms with Crippen LogP contribution in [0.15, 0.2) is 67.0 Å². The largest absolute Gasteiger partial charge is 0.385 e. The van der Waals surface area contributed by atoms with Crippen LogP contribution in [0, 0.1) is 0 Å². The molecule has 0 bridgehead atoms. The van der Waals surface area contributed by atoms with Crippen LogP contribution < -0.4 is 0 Å². The number of pyridine rings is 1. The predicted molar refractivity (Wildman–Crippen MR) is 121 cm³/mol. The van der Waals surface area contributed by atoms with Crippen LogP contribution in [-0.2, 0) is 18.4 Å². The number of fused-ring (bicyclic) bond motifs is 4. The Morgan fingerprint density at radius 1 is 0.933 bits per heavy atom. The molecule has 0 unspecified atom stereocenters. The van der Waals surface area contributed by atoms with Crippen LogP contribution in [0.3, 0.4) is 0 Å². The molecule has 2 aromatic carbocycles. The van der Waals surface area contributed by atoms with E-state index < -0.39 is 5.60 Å². The first-order valence-corrected chi connectivity index (χ1v) is 10.8. The zero-order valence-electron chi connectivity index (χ0n) is 17.0. The van der Waals surface area contributed by atoms with Crippen molar-refractivity contribution in [2.75, 3.05) is 13.1 Å². The molecule has 3 aromatic rings. The lowest BCUT2D eigenvalue weighted by Gasteiger charge is -2.49. The van der Waals surface area contributed by atoms with Crippen LogP contribution in [0.5, 0.6) is 0 Å². The van der Waals surface area contributed by atoms with Crippen molar-refractivity contribution >= 4 is 12.4 Å². The second-order valence-electron chi connectivity index (χ2n) is 8.91. The van der Waals surface area contributed by atoms with Crippen molar-refractivity contribution in [3.05, 3.63) is 100 Å². The number of benzene rings is 2. The zero-order valence-corrected chi connectivity index (χ0v) is 17.8. The molecule has 0 radical (unpaired) electrons. The Balaban J connectivity index is 0.00000193. The van der Waals surface area contributed by atoms with Gasteiger partial charge >= 0.3 is 0 Å². The van der Waals surface area contributed by atoms with E-state index in [1.807, 2.05) is 18.3 Å². The van der Waals surface area contributed by atoms with E-state index in [2.05, 4.69) is 52.3 Å². The van der Waals surface area contributed by atoms with E-state index in [0.29, 0.717) is 5.92 Å². The molecule has 6 rings (SSSR count). The van der Waals surface area contributed by atoms with Gasteiger partial charge in [0.1, 0.15) is 0 Å². The third kappa shape index (κ3) is 2.99. The van der Waals surface area contributed by atoms with Crippen LogP contribution in [-0.4, -0.2) is 28.1 Å². The Hall–Kier alpha value is -2.20. The standard InChI is InChI=1S/C26H26N2O.ClH/c29-26(20-7-4-13-27-16-20)12-14-28-17-23-21-8-2-1-5-18(21)10-11-19-6-3-9-22(25(19)23)24(28)15-26;/h1-9,13,16,23-24,29H,10-12,14-15,17H2;1H/t23-,24-,26-;/m1./s1. The number of rotatable bonds is 1. The first kappa shape index (κ1) is 19.7. The summed E-state index contributed by atoms with van der Waals surface area (Å²) in [6.07, 6.45) is 7.34. The van der Waals surface area contributed by atoms with Crippen LogP contribution in [0.25, 0.3) is 0 Å². The second kappa shape index (κ2) is 7.49. The maximum absolute atomic E-state index is 11.6. The molecule has 1 fully saturated rings. The van der Waals surface area contributed by atoms with Crippen LogP contribution in [0.4, 0.5) is 0 Å². The molecule has 154 valence electrons. The molecule has 4 heteroatoms. The summed E-state index contributed by atoms with van der Waals surface area (Å²) < 4.78 is 0. The summed E-state index contributed by atoms with van der Waals surface area (Å²) in [7, 11) is 0. The minimum Gasteiger partial charge on any atom is -0.385 e. The van der Waals surface area contributed by atoms with E-state index in [0.717, 1.165) is 44.3 Å². The topological polar surface area (TPSA) is 36.4 Å². The summed E-state index contributed by atoms with van der Waals surface area (Å²) in [5, 5.41) is 11.6. The SMILES string of the molecule is Cl.O[C@]1(c2cccnc2)CCN2C[C@@H]3c4ccccc4CCc4cccc(c43)[C@H]2C1. The molecule has 0 amide bonds. The third-order valence-corrected chi connectivity index (χ3v) is 7.43. The summed E-state index contributed by atoms with van der Waals surface area (Å²) in [4.78, 5) is 6.88. The van der Waals surface area contributed by atoms with Gasteiger partial charge in [-0.15, -0.1) is 12.4 Å². The van der Waals surface area contributed by atoms with E-state index >= 15 is 0 Å². The second-order valence-corrected chi connectivity index (χ2v) is 8.91. The molecule has 1 aromatic heterocycles. The molecule has 3 heterocycles. The van der Waals surface area contributed by atoms with E-state index in [1.54, 1.807) is 6.20 Å². The highest BCUT2D eigenvalue weighted by Gasteiger charge is 2.45. The highest BCUT2D eigenvalue weighted by Crippen LogP contribution is 2.50. The summed E-state index contributed by atoms with van der Waals surface area (Å²) in [6.45, 7) is 1.97. The minimum absolute atomic E-state index is 0. The molecule has 1 saturated heterocycles. The van der Waals surface area contributed by atoms with E-state index in [1.165, 1.54) is 27.8 Å². The maximum Gasteiger partial charge on any atom is 0.0941 e. The van der Waals surface area contributed by atoms with Crippen molar-refractivity contribution in [1.29, 1.82) is 0 Å². The first-order chi connectivity index (χ1) is 14.2. The van der Waals surface area contributed by atoms with E-state index in [-0.39, 0.29) is 18.4 Å². The van der Waals surface area contributed by atoms with Gasteiger partial charge < -0.3 is 5.11 Å². The summed E-state index contributed by atoms with van der Waals surface area (Å²) in [6, 6.07) is 20.1. The molecule has 3 aliphatic rings. The van der Waals surface area contributed by atoms with Gasteiger partial charge in [-0.05, 0) is 53.1 Å². The molecule has 30 heavy (non-hydrogen) atoms. The summed E-state index contributed by atoms with van der Waals surface area (Å²) >= 11 is 0. The van der Waals surface area contributed by atoms with Crippen molar-refractivity contribution in [3.63, 3.8) is 0 Å². The Kier molecular flexibility index (Phi) is 4.93. The van der Waals surface area contributed by atoms with Crippen LogP contribution in [0.1, 0.15) is 58.2 Å². The molecule has 2 aliphatic heterocycles. The number of aromatic nitrogens is 1.